The lowest BCUT2D eigenvalue weighted by molar-refractivity contribution is 0.358. The summed E-state index contributed by atoms with van der Waals surface area (Å²) < 4.78 is 11.8. The average molecular weight is 344 g/mol. The van der Waals surface area contributed by atoms with Crippen molar-refractivity contribution in [2.24, 2.45) is 0 Å². The zero-order valence-electron chi connectivity index (χ0n) is 11.8. The average Bonchev–Trinajstić information content (AvgIpc) is 2.53. The second-order valence-electron chi connectivity index (χ2n) is 4.60. The summed E-state index contributed by atoms with van der Waals surface area (Å²) in [6.45, 7) is 0. The van der Waals surface area contributed by atoms with Gasteiger partial charge in [-0.15, -0.1) is 0 Å². The van der Waals surface area contributed by atoms with E-state index in [1.165, 1.54) is 0 Å². The minimum absolute atomic E-state index is 0.711. The molecule has 0 N–H and O–H groups in total. The molecule has 0 saturated heterocycles. The lowest BCUT2D eigenvalue weighted by atomic mass is 10.1. The van der Waals surface area contributed by atoms with E-state index in [0.29, 0.717) is 11.5 Å². The Balaban J connectivity index is 2.15. The number of hydrogen-bond donors (Lipinski definition) is 0. The number of methoxy groups -OCH3 is 2. The van der Waals surface area contributed by atoms with Crippen molar-refractivity contribution in [2.45, 2.75) is 0 Å². The maximum Gasteiger partial charge on any atom is 0.170 e. The van der Waals surface area contributed by atoms with Crippen LogP contribution < -0.4 is 9.47 Å². The summed E-state index contributed by atoms with van der Waals surface area (Å²) in [5, 5.41) is 2.01. The Labute approximate surface area is 131 Å². The molecule has 0 amide bonds. The zero-order chi connectivity index (χ0) is 14.8. The number of fused-ring (bicyclic) bond motifs is 1. The van der Waals surface area contributed by atoms with Crippen LogP contribution in [0.4, 0.5) is 0 Å². The molecular weight excluding hydrogens is 330 g/mol. The quantitative estimate of drug-likeness (QED) is 0.691. The van der Waals surface area contributed by atoms with Gasteiger partial charge in [-0.2, -0.15) is 0 Å². The third kappa shape index (κ3) is 2.59. The number of rotatable bonds is 3. The van der Waals surface area contributed by atoms with Crippen LogP contribution in [0.15, 0.2) is 53.1 Å². The maximum absolute atomic E-state index is 5.44. The van der Waals surface area contributed by atoms with Crippen LogP contribution in [0.5, 0.6) is 11.5 Å². The van der Waals surface area contributed by atoms with E-state index >= 15 is 0 Å². The van der Waals surface area contributed by atoms with Crippen molar-refractivity contribution in [1.29, 1.82) is 0 Å². The fourth-order valence-electron chi connectivity index (χ4n) is 2.32. The van der Waals surface area contributed by atoms with E-state index in [2.05, 4.69) is 27.0 Å². The van der Waals surface area contributed by atoms with Gasteiger partial charge in [0.1, 0.15) is 0 Å². The Morgan fingerprint density at radius 2 is 1.71 bits per heavy atom. The first-order valence-corrected chi connectivity index (χ1v) is 7.29. The Hall–Kier alpha value is -2.07. The van der Waals surface area contributed by atoms with E-state index in [4.69, 9.17) is 9.47 Å². The lowest BCUT2D eigenvalue weighted by Gasteiger charge is -2.11. The SMILES string of the molecule is COc1ccc2cc(-c3ccc(Br)cc3)ncc2c1OC. The normalized spacial score (nSPS) is 10.6. The van der Waals surface area contributed by atoms with Gasteiger partial charge in [0.25, 0.3) is 0 Å². The first-order valence-electron chi connectivity index (χ1n) is 6.49. The molecule has 0 unspecified atom stereocenters. The minimum Gasteiger partial charge on any atom is -0.493 e. The summed E-state index contributed by atoms with van der Waals surface area (Å²) in [4.78, 5) is 4.54. The third-order valence-corrected chi connectivity index (χ3v) is 3.91. The molecule has 0 bridgehead atoms. The molecule has 0 saturated carbocycles. The predicted molar refractivity (Wildman–Crippen MR) is 88.0 cm³/mol. The Kier molecular flexibility index (Phi) is 3.80. The van der Waals surface area contributed by atoms with Crippen LogP contribution in [0.3, 0.4) is 0 Å². The van der Waals surface area contributed by atoms with Gasteiger partial charge >= 0.3 is 0 Å². The number of nitrogens with zero attached hydrogens (tertiary/aromatic N) is 1. The highest BCUT2D eigenvalue weighted by Crippen LogP contribution is 2.36. The Morgan fingerprint density at radius 1 is 0.952 bits per heavy atom. The first kappa shape index (κ1) is 13.9. The second kappa shape index (κ2) is 5.74. The van der Waals surface area contributed by atoms with Crippen molar-refractivity contribution < 1.29 is 9.47 Å². The van der Waals surface area contributed by atoms with Gasteiger partial charge < -0.3 is 9.47 Å². The molecule has 4 heteroatoms. The summed E-state index contributed by atoms with van der Waals surface area (Å²) in [5.74, 6) is 1.42. The van der Waals surface area contributed by atoms with Crippen LogP contribution in [-0.4, -0.2) is 19.2 Å². The highest BCUT2D eigenvalue weighted by atomic mass is 79.9. The monoisotopic (exact) mass is 343 g/mol. The molecule has 21 heavy (non-hydrogen) atoms. The van der Waals surface area contributed by atoms with Crippen LogP contribution in [0.2, 0.25) is 0 Å². The van der Waals surface area contributed by atoms with E-state index in [-0.39, 0.29) is 0 Å². The van der Waals surface area contributed by atoms with Gasteiger partial charge in [0, 0.05) is 21.6 Å². The number of ether oxygens (including phenoxy) is 2. The highest BCUT2D eigenvalue weighted by molar-refractivity contribution is 9.10. The van der Waals surface area contributed by atoms with Crippen molar-refractivity contribution >= 4 is 26.7 Å². The van der Waals surface area contributed by atoms with E-state index < -0.39 is 0 Å². The number of hydrogen-bond acceptors (Lipinski definition) is 3. The van der Waals surface area contributed by atoms with Crippen LogP contribution in [0, 0.1) is 0 Å². The van der Waals surface area contributed by atoms with Gasteiger partial charge in [-0.25, -0.2) is 0 Å². The van der Waals surface area contributed by atoms with Gasteiger partial charge in [-0.1, -0.05) is 34.1 Å². The predicted octanol–water partition coefficient (Wildman–Crippen LogP) is 4.68. The number of pyridine rings is 1. The van der Waals surface area contributed by atoms with Crippen molar-refractivity contribution in [3.63, 3.8) is 0 Å². The molecular formula is C17H14BrNO2. The lowest BCUT2D eigenvalue weighted by Crippen LogP contribution is -1.92. The summed E-state index contributed by atoms with van der Waals surface area (Å²) in [6, 6.07) is 14.1. The van der Waals surface area contributed by atoms with Gasteiger partial charge in [0.15, 0.2) is 11.5 Å². The second-order valence-corrected chi connectivity index (χ2v) is 5.51. The van der Waals surface area contributed by atoms with Crippen LogP contribution >= 0.6 is 15.9 Å². The zero-order valence-corrected chi connectivity index (χ0v) is 13.3. The molecule has 0 fully saturated rings. The molecule has 1 aromatic heterocycles. The van der Waals surface area contributed by atoms with E-state index in [0.717, 1.165) is 26.5 Å². The van der Waals surface area contributed by atoms with E-state index in [1.54, 1.807) is 14.2 Å². The molecule has 3 nitrogen and oxygen atoms in total. The molecule has 3 aromatic rings. The number of benzene rings is 2. The number of aromatic nitrogens is 1. The summed E-state index contributed by atoms with van der Waals surface area (Å²) in [7, 11) is 3.27. The Morgan fingerprint density at radius 3 is 2.38 bits per heavy atom. The van der Waals surface area contributed by atoms with Gasteiger partial charge in [0.2, 0.25) is 0 Å². The fourth-order valence-corrected chi connectivity index (χ4v) is 2.59. The maximum atomic E-state index is 5.44. The standard InChI is InChI=1S/C17H14BrNO2/c1-20-16-8-5-12-9-15(11-3-6-13(18)7-4-11)19-10-14(12)17(16)21-2/h3-10H,1-2H3. The van der Waals surface area contributed by atoms with Crippen LogP contribution in [-0.2, 0) is 0 Å². The summed E-state index contributed by atoms with van der Waals surface area (Å²) in [6.07, 6.45) is 1.83. The summed E-state index contributed by atoms with van der Waals surface area (Å²) >= 11 is 3.44. The number of halogens is 1. The molecule has 0 spiro atoms. The third-order valence-electron chi connectivity index (χ3n) is 3.38. The first-order chi connectivity index (χ1) is 10.2. The molecule has 0 aliphatic carbocycles. The molecule has 0 atom stereocenters. The van der Waals surface area contributed by atoms with Crippen molar-refractivity contribution in [1.82, 2.24) is 4.98 Å². The van der Waals surface area contributed by atoms with Gasteiger partial charge in [-0.3, -0.25) is 4.98 Å². The molecule has 1 heterocycles. The highest BCUT2D eigenvalue weighted by Gasteiger charge is 2.10. The van der Waals surface area contributed by atoms with Crippen molar-refractivity contribution in [2.75, 3.05) is 14.2 Å². The van der Waals surface area contributed by atoms with Crippen LogP contribution in [0.1, 0.15) is 0 Å². The molecule has 0 radical (unpaired) electrons. The minimum atomic E-state index is 0.711. The fraction of sp³-hybridized carbons (Fsp3) is 0.118. The molecule has 0 aliphatic heterocycles. The van der Waals surface area contributed by atoms with Gasteiger partial charge in [0.05, 0.1) is 19.9 Å². The summed E-state index contributed by atoms with van der Waals surface area (Å²) in [5.41, 5.74) is 2.01. The molecule has 2 aromatic carbocycles. The van der Waals surface area contributed by atoms with E-state index in [1.807, 2.05) is 42.6 Å². The van der Waals surface area contributed by atoms with Gasteiger partial charge in [-0.05, 0) is 29.7 Å². The molecule has 3 rings (SSSR count). The van der Waals surface area contributed by atoms with Crippen LogP contribution in [0.25, 0.3) is 22.0 Å². The smallest absolute Gasteiger partial charge is 0.170 e. The van der Waals surface area contributed by atoms with Crippen molar-refractivity contribution in [3.8, 4) is 22.8 Å². The van der Waals surface area contributed by atoms with E-state index in [9.17, 15) is 0 Å². The van der Waals surface area contributed by atoms with Crippen molar-refractivity contribution in [3.05, 3.63) is 53.1 Å². The molecule has 0 aliphatic rings. The Bertz CT molecular complexity index is 785. The topological polar surface area (TPSA) is 31.4 Å². The largest absolute Gasteiger partial charge is 0.493 e. The molecule has 106 valence electrons.